The van der Waals surface area contributed by atoms with Crippen LogP contribution >= 0.6 is 0 Å². The molecule has 0 saturated carbocycles. The van der Waals surface area contributed by atoms with Crippen molar-refractivity contribution in [3.63, 3.8) is 0 Å². The molecule has 1 saturated heterocycles. The number of aryl methyl sites for hydroxylation is 2. The van der Waals surface area contributed by atoms with Gasteiger partial charge in [0.25, 0.3) is 0 Å². The Morgan fingerprint density at radius 2 is 1.86 bits per heavy atom. The molecular weight excluding hydrogens is 262 g/mol. The lowest BCUT2D eigenvalue weighted by Crippen LogP contribution is -2.17. The lowest BCUT2D eigenvalue weighted by Gasteiger charge is -2.16. The molecule has 0 aliphatic carbocycles. The van der Waals surface area contributed by atoms with Gasteiger partial charge in [-0.25, -0.2) is 4.68 Å². The molecule has 0 aromatic carbocycles. The van der Waals surface area contributed by atoms with E-state index in [1.807, 2.05) is 0 Å². The summed E-state index contributed by atoms with van der Waals surface area (Å²) in [6.45, 7) is 12.5. The summed E-state index contributed by atoms with van der Waals surface area (Å²) in [5, 5.41) is 4.92. The first kappa shape index (κ1) is 14.4. The average molecular weight is 287 g/mol. The molecule has 0 spiro atoms. The van der Waals surface area contributed by atoms with Gasteiger partial charge in [0.15, 0.2) is 0 Å². The van der Waals surface area contributed by atoms with Gasteiger partial charge in [-0.15, -0.1) is 0 Å². The van der Waals surface area contributed by atoms with E-state index in [4.69, 9.17) is 9.84 Å². The molecule has 4 heteroatoms. The van der Waals surface area contributed by atoms with Crippen molar-refractivity contribution in [3.8, 4) is 5.82 Å². The molecule has 0 amide bonds. The van der Waals surface area contributed by atoms with E-state index in [2.05, 4.69) is 62.1 Å². The highest BCUT2D eigenvalue weighted by molar-refractivity contribution is 5.36. The van der Waals surface area contributed by atoms with Gasteiger partial charge >= 0.3 is 0 Å². The molecule has 21 heavy (non-hydrogen) atoms. The zero-order valence-corrected chi connectivity index (χ0v) is 13.7. The number of hydrogen-bond donors (Lipinski definition) is 0. The third-order valence-corrected chi connectivity index (χ3v) is 4.24. The Kier molecular flexibility index (Phi) is 3.44. The molecule has 1 fully saturated rings. The van der Waals surface area contributed by atoms with Crippen LogP contribution in [0.3, 0.4) is 0 Å². The Bertz CT molecular complexity index is 620. The van der Waals surface area contributed by atoms with Crippen LogP contribution in [-0.4, -0.2) is 27.6 Å². The van der Waals surface area contributed by atoms with E-state index < -0.39 is 0 Å². The second-order valence-electron chi connectivity index (χ2n) is 7.05. The van der Waals surface area contributed by atoms with Crippen LogP contribution in [-0.2, 0) is 10.2 Å². The van der Waals surface area contributed by atoms with Crippen molar-refractivity contribution in [2.45, 2.75) is 52.5 Å². The van der Waals surface area contributed by atoms with Crippen LogP contribution in [0.15, 0.2) is 18.2 Å². The Morgan fingerprint density at radius 3 is 2.38 bits per heavy atom. The molecule has 3 heterocycles. The second kappa shape index (κ2) is 5.02. The first-order chi connectivity index (χ1) is 9.88. The molecule has 0 radical (unpaired) electrons. The monoisotopic (exact) mass is 287 g/mol. The van der Waals surface area contributed by atoms with E-state index in [0.29, 0.717) is 6.04 Å². The number of hydrogen-bond acceptors (Lipinski definition) is 2. The van der Waals surface area contributed by atoms with Gasteiger partial charge in [0.1, 0.15) is 5.82 Å². The summed E-state index contributed by atoms with van der Waals surface area (Å²) in [5.41, 5.74) is 3.67. The van der Waals surface area contributed by atoms with Gasteiger partial charge in [0.05, 0.1) is 18.3 Å². The van der Waals surface area contributed by atoms with Crippen molar-refractivity contribution < 1.29 is 4.74 Å². The standard InChI is InChI=1S/C17H25N3O/c1-12-6-7-13(2)19(12)16-10-15(17(3,4)5)18-20(16)14-8-9-21-11-14/h6-7,10,14H,8-9,11H2,1-5H3/t14-/m0/s1. The Labute approximate surface area is 126 Å². The highest BCUT2D eigenvalue weighted by atomic mass is 16.5. The fourth-order valence-corrected chi connectivity index (χ4v) is 2.93. The molecule has 2 aromatic rings. The number of rotatable bonds is 2. The summed E-state index contributed by atoms with van der Waals surface area (Å²) >= 11 is 0. The van der Waals surface area contributed by atoms with Crippen LogP contribution in [0.25, 0.3) is 5.82 Å². The van der Waals surface area contributed by atoms with Crippen LogP contribution in [0.4, 0.5) is 0 Å². The maximum atomic E-state index is 5.57. The molecule has 114 valence electrons. The van der Waals surface area contributed by atoms with Gasteiger partial charge in [-0.1, -0.05) is 20.8 Å². The van der Waals surface area contributed by atoms with Gasteiger partial charge in [0.2, 0.25) is 0 Å². The van der Waals surface area contributed by atoms with Crippen molar-refractivity contribution in [2.75, 3.05) is 13.2 Å². The minimum Gasteiger partial charge on any atom is -0.379 e. The summed E-state index contributed by atoms with van der Waals surface area (Å²) in [5.74, 6) is 1.16. The fraction of sp³-hybridized carbons (Fsp3) is 0.588. The minimum absolute atomic E-state index is 0.0500. The Balaban J connectivity index is 2.15. The normalized spacial score (nSPS) is 19.4. The minimum atomic E-state index is 0.0500. The summed E-state index contributed by atoms with van der Waals surface area (Å²) < 4.78 is 10.0. The molecule has 3 rings (SSSR count). The van der Waals surface area contributed by atoms with E-state index in [-0.39, 0.29) is 5.41 Å². The van der Waals surface area contributed by atoms with E-state index in [0.717, 1.165) is 31.1 Å². The SMILES string of the molecule is Cc1ccc(C)n1-c1cc(C(C)(C)C)nn1[C@H]1CCOC1. The van der Waals surface area contributed by atoms with Crippen molar-refractivity contribution in [1.29, 1.82) is 0 Å². The predicted octanol–water partition coefficient (Wildman–Crippen LogP) is 3.55. The van der Waals surface area contributed by atoms with E-state index in [9.17, 15) is 0 Å². The zero-order valence-electron chi connectivity index (χ0n) is 13.7. The lowest BCUT2D eigenvalue weighted by atomic mass is 9.92. The average Bonchev–Trinajstić information content (AvgIpc) is 3.07. The van der Waals surface area contributed by atoms with Gasteiger partial charge in [-0.05, 0) is 32.4 Å². The van der Waals surface area contributed by atoms with E-state index >= 15 is 0 Å². The Morgan fingerprint density at radius 1 is 1.19 bits per heavy atom. The molecule has 1 aliphatic heterocycles. The van der Waals surface area contributed by atoms with Crippen LogP contribution < -0.4 is 0 Å². The molecule has 0 N–H and O–H groups in total. The lowest BCUT2D eigenvalue weighted by molar-refractivity contribution is 0.184. The smallest absolute Gasteiger partial charge is 0.136 e. The number of ether oxygens (including phenoxy) is 1. The first-order valence-electron chi connectivity index (χ1n) is 7.71. The van der Waals surface area contributed by atoms with Crippen LogP contribution in [0.2, 0.25) is 0 Å². The molecule has 4 nitrogen and oxygen atoms in total. The summed E-state index contributed by atoms with van der Waals surface area (Å²) in [6.07, 6.45) is 1.04. The first-order valence-corrected chi connectivity index (χ1v) is 7.71. The quantitative estimate of drug-likeness (QED) is 0.846. The molecule has 0 bridgehead atoms. The third-order valence-electron chi connectivity index (χ3n) is 4.24. The molecular formula is C17H25N3O. The maximum Gasteiger partial charge on any atom is 0.136 e. The van der Waals surface area contributed by atoms with E-state index in [1.54, 1.807) is 0 Å². The summed E-state index contributed by atoms with van der Waals surface area (Å²) in [7, 11) is 0. The molecule has 1 atom stereocenters. The van der Waals surface area contributed by atoms with Crippen LogP contribution in [0.5, 0.6) is 0 Å². The van der Waals surface area contributed by atoms with Crippen molar-refractivity contribution in [2.24, 2.45) is 0 Å². The van der Waals surface area contributed by atoms with Crippen molar-refractivity contribution in [1.82, 2.24) is 14.3 Å². The molecule has 1 aliphatic rings. The fourth-order valence-electron chi connectivity index (χ4n) is 2.93. The van der Waals surface area contributed by atoms with E-state index in [1.165, 1.54) is 11.4 Å². The summed E-state index contributed by atoms with van der Waals surface area (Å²) in [4.78, 5) is 0. The molecule has 0 unspecified atom stereocenters. The van der Waals surface area contributed by atoms with Crippen LogP contribution in [0.1, 0.15) is 50.3 Å². The van der Waals surface area contributed by atoms with Gasteiger partial charge in [0, 0.05) is 29.5 Å². The zero-order chi connectivity index (χ0) is 15.2. The van der Waals surface area contributed by atoms with Gasteiger partial charge in [-0.3, -0.25) is 0 Å². The number of aromatic nitrogens is 3. The maximum absolute atomic E-state index is 5.57. The molecule has 2 aromatic heterocycles. The predicted molar refractivity (Wildman–Crippen MR) is 84.2 cm³/mol. The Hall–Kier alpha value is -1.55. The van der Waals surface area contributed by atoms with Crippen LogP contribution in [0, 0.1) is 13.8 Å². The number of nitrogens with zero attached hydrogens (tertiary/aromatic N) is 3. The summed E-state index contributed by atoms with van der Waals surface area (Å²) in [6, 6.07) is 6.90. The largest absolute Gasteiger partial charge is 0.379 e. The van der Waals surface area contributed by atoms with Gasteiger partial charge in [-0.2, -0.15) is 5.10 Å². The topological polar surface area (TPSA) is 32.0 Å². The third kappa shape index (κ3) is 2.53. The van der Waals surface area contributed by atoms with Gasteiger partial charge < -0.3 is 9.30 Å². The van der Waals surface area contributed by atoms with Crippen molar-refractivity contribution in [3.05, 3.63) is 35.3 Å². The second-order valence-corrected chi connectivity index (χ2v) is 7.05. The highest BCUT2D eigenvalue weighted by Gasteiger charge is 2.27. The van der Waals surface area contributed by atoms with Crippen molar-refractivity contribution >= 4 is 0 Å². The highest BCUT2D eigenvalue weighted by Crippen LogP contribution is 2.29.